The average Bonchev–Trinajstić information content (AvgIpc) is 2.64. The molecule has 0 aliphatic carbocycles. The van der Waals surface area contributed by atoms with Crippen molar-refractivity contribution in [3.05, 3.63) is 54.1 Å². The van der Waals surface area contributed by atoms with Crippen molar-refractivity contribution in [1.82, 2.24) is 5.32 Å². The van der Waals surface area contributed by atoms with Gasteiger partial charge in [0.1, 0.15) is 19.0 Å². The van der Waals surface area contributed by atoms with Crippen LogP contribution >= 0.6 is 0 Å². The molecule has 0 atom stereocenters. The first kappa shape index (κ1) is 16.2. The molecule has 1 heterocycles. The third-order valence-electron chi connectivity index (χ3n) is 3.66. The third-order valence-corrected chi connectivity index (χ3v) is 3.66. The lowest BCUT2D eigenvalue weighted by molar-refractivity contribution is -0.121. The summed E-state index contributed by atoms with van der Waals surface area (Å²) < 4.78 is 16.6. The molecule has 2 aromatic carbocycles. The highest BCUT2D eigenvalue weighted by molar-refractivity contribution is 5.75. The number of benzene rings is 2. The number of nitrogens with one attached hydrogen (secondary N) is 1. The second-order valence-electron chi connectivity index (χ2n) is 5.52. The van der Waals surface area contributed by atoms with E-state index in [1.165, 1.54) is 0 Å². The molecular formula is C19H21NO4. The molecule has 0 bridgehead atoms. The molecule has 0 radical (unpaired) electrons. The van der Waals surface area contributed by atoms with Crippen molar-refractivity contribution >= 4 is 5.91 Å². The van der Waals surface area contributed by atoms with Crippen LogP contribution in [0.4, 0.5) is 0 Å². The Labute approximate surface area is 141 Å². The van der Waals surface area contributed by atoms with Crippen LogP contribution in [0.5, 0.6) is 17.2 Å². The summed E-state index contributed by atoms with van der Waals surface area (Å²) in [7, 11) is 0. The van der Waals surface area contributed by atoms with Crippen molar-refractivity contribution in [2.24, 2.45) is 0 Å². The summed E-state index contributed by atoms with van der Waals surface area (Å²) in [5, 5.41) is 2.91. The number of carbonyl (C=O) groups excluding carboxylic acids is 1. The van der Waals surface area contributed by atoms with E-state index >= 15 is 0 Å². The number of rotatable bonds is 7. The Hall–Kier alpha value is -2.69. The van der Waals surface area contributed by atoms with Gasteiger partial charge in [0.15, 0.2) is 11.5 Å². The van der Waals surface area contributed by atoms with Crippen molar-refractivity contribution in [3.63, 3.8) is 0 Å². The molecule has 0 unspecified atom stereocenters. The van der Waals surface area contributed by atoms with Gasteiger partial charge in [0.25, 0.3) is 0 Å². The second-order valence-corrected chi connectivity index (χ2v) is 5.52. The summed E-state index contributed by atoms with van der Waals surface area (Å²) in [5.41, 5.74) is 0.994. The highest BCUT2D eigenvalue weighted by Gasteiger charge is 2.11. The van der Waals surface area contributed by atoms with Crippen molar-refractivity contribution in [3.8, 4) is 17.2 Å². The fourth-order valence-electron chi connectivity index (χ4n) is 2.43. The predicted octanol–water partition coefficient (Wildman–Crippen LogP) is 2.93. The summed E-state index contributed by atoms with van der Waals surface area (Å²) in [6.07, 6.45) is 1.12. The SMILES string of the molecule is O=C(CCCOc1ccccc1)NCc1ccc2c(c1)OCCO2. The molecule has 1 aliphatic heterocycles. The minimum atomic E-state index is 0.0153. The molecule has 0 spiro atoms. The van der Waals surface area contributed by atoms with Gasteiger partial charge in [-0.2, -0.15) is 0 Å². The third kappa shape index (κ3) is 4.65. The Balaban J connectivity index is 1.36. The minimum absolute atomic E-state index is 0.0153. The van der Waals surface area contributed by atoms with Crippen molar-refractivity contribution in [2.45, 2.75) is 19.4 Å². The molecule has 126 valence electrons. The van der Waals surface area contributed by atoms with Gasteiger partial charge >= 0.3 is 0 Å². The second kappa shape index (κ2) is 8.24. The maximum atomic E-state index is 11.9. The van der Waals surface area contributed by atoms with E-state index < -0.39 is 0 Å². The zero-order valence-electron chi connectivity index (χ0n) is 13.5. The predicted molar refractivity (Wildman–Crippen MR) is 90.4 cm³/mol. The highest BCUT2D eigenvalue weighted by Crippen LogP contribution is 2.30. The normalized spacial score (nSPS) is 12.5. The van der Waals surface area contributed by atoms with Gasteiger partial charge < -0.3 is 19.5 Å². The first-order chi connectivity index (χ1) is 11.8. The van der Waals surface area contributed by atoms with E-state index in [2.05, 4.69) is 5.32 Å². The Bertz CT molecular complexity index is 672. The summed E-state index contributed by atoms with van der Waals surface area (Å²) in [5.74, 6) is 2.34. The Morgan fingerprint density at radius 1 is 1.04 bits per heavy atom. The molecule has 5 heteroatoms. The van der Waals surface area contributed by atoms with Crippen LogP contribution in [0.1, 0.15) is 18.4 Å². The van der Waals surface area contributed by atoms with E-state index in [9.17, 15) is 4.79 Å². The molecule has 1 aliphatic rings. The standard InChI is InChI=1S/C19H21NO4/c21-19(7-4-10-22-16-5-2-1-3-6-16)20-14-15-8-9-17-18(13-15)24-12-11-23-17/h1-3,5-6,8-9,13H,4,7,10-12,14H2,(H,20,21). The minimum Gasteiger partial charge on any atom is -0.494 e. The number of para-hydroxylation sites is 1. The van der Waals surface area contributed by atoms with Crippen molar-refractivity contribution in [2.75, 3.05) is 19.8 Å². The van der Waals surface area contributed by atoms with Gasteiger partial charge in [0.2, 0.25) is 5.91 Å². The molecule has 2 aromatic rings. The molecule has 0 saturated heterocycles. The monoisotopic (exact) mass is 327 g/mol. The van der Waals surface area contributed by atoms with Gasteiger partial charge in [-0.15, -0.1) is 0 Å². The molecule has 1 N–H and O–H groups in total. The Morgan fingerprint density at radius 2 is 1.83 bits per heavy atom. The molecule has 5 nitrogen and oxygen atoms in total. The van der Waals surface area contributed by atoms with Crippen LogP contribution in [0.3, 0.4) is 0 Å². The zero-order valence-corrected chi connectivity index (χ0v) is 13.5. The van der Waals surface area contributed by atoms with Gasteiger partial charge in [-0.1, -0.05) is 24.3 Å². The lowest BCUT2D eigenvalue weighted by atomic mass is 10.2. The Kier molecular flexibility index (Phi) is 5.56. The smallest absolute Gasteiger partial charge is 0.220 e. The number of carbonyl (C=O) groups is 1. The van der Waals surface area contributed by atoms with Crippen LogP contribution in [0.2, 0.25) is 0 Å². The van der Waals surface area contributed by atoms with Crippen molar-refractivity contribution < 1.29 is 19.0 Å². The summed E-state index contributed by atoms with van der Waals surface area (Å²) in [4.78, 5) is 11.9. The van der Waals surface area contributed by atoms with Crippen LogP contribution < -0.4 is 19.5 Å². The van der Waals surface area contributed by atoms with E-state index in [-0.39, 0.29) is 5.91 Å². The summed E-state index contributed by atoms with van der Waals surface area (Å²) in [6.45, 7) is 2.15. The van der Waals surface area contributed by atoms with E-state index in [4.69, 9.17) is 14.2 Å². The molecule has 3 rings (SSSR count). The van der Waals surface area contributed by atoms with Crippen molar-refractivity contribution in [1.29, 1.82) is 0 Å². The number of hydrogen-bond acceptors (Lipinski definition) is 4. The van der Waals surface area contributed by atoms with Crippen LogP contribution in [-0.2, 0) is 11.3 Å². The van der Waals surface area contributed by atoms with E-state index in [1.807, 2.05) is 48.5 Å². The molecule has 1 amide bonds. The first-order valence-corrected chi connectivity index (χ1v) is 8.14. The number of fused-ring (bicyclic) bond motifs is 1. The van der Waals surface area contributed by atoms with Crippen LogP contribution in [0.25, 0.3) is 0 Å². The number of amides is 1. The van der Waals surface area contributed by atoms with Gasteiger partial charge in [-0.25, -0.2) is 0 Å². The Morgan fingerprint density at radius 3 is 2.67 bits per heavy atom. The van der Waals surface area contributed by atoms with Crippen LogP contribution in [0.15, 0.2) is 48.5 Å². The van der Waals surface area contributed by atoms with E-state index in [1.54, 1.807) is 0 Å². The quantitative estimate of drug-likeness (QED) is 0.795. The number of ether oxygens (including phenoxy) is 3. The maximum Gasteiger partial charge on any atom is 0.220 e. The topological polar surface area (TPSA) is 56.8 Å². The molecule has 24 heavy (non-hydrogen) atoms. The molecule has 0 saturated carbocycles. The van der Waals surface area contributed by atoms with Crippen LogP contribution in [0, 0.1) is 0 Å². The maximum absolute atomic E-state index is 11.9. The lowest BCUT2D eigenvalue weighted by Crippen LogP contribution is -2.23. The molecular weight excluding hydrogens is 306 g/mol. The first-order valence-electron chi connectivity index (χ1n) is 8.14. The van der Waals surface area contributed by atoms with Gasteiger partial charge in [0, 0.05) is 13.0 Å². The largest absolute Gasteiger partial charge is 0.494 e. The average molecular weight is 327 g/mol. The van der Waals surface area contributed by atoms with Gasteiger partial charge in [0.05, 0.1) is 6.61 Å². The zero-order chi connectivity index (χ0) is 16.6. The molecule has 0 fully saturated rings. The van der Waals surface area contributed by atoms with Crippen LogP contribution in [-0.4, -0.2) is 25.7 Å². The molecule has 0 aromatic heterocycles. The van der Waals surface area contributed by atoms with Gasteiger partial charge in [-0.05, 0) is 36.2 Å². The fourth-order valence-corrected chi connectivity index (χ4v) is 2.43. The highest BCUT2D eigenvalue weighted by atomic mass is 16.6. The lowest BCUT2D eigenvalue weighted by Gasteiger charge is -2.19. The van der Waals surface area contributed by atoms with E-state index in [0.717, 1.165) is 22.8 Å². The summed E-state index contributed by atoms with van der Waals surface area (Å²) in [6, 6.07) is 15.3. The summed E-state index contributed by atoms with van der Waals surface area (Å²) >= 11 is 0. The number of hydrogen-bond donors (Lipinski definition) is 1. The van der Waals surface area contributed by atoms with E-state index in [0.29, 0.717) is 39.2 Å². The fraction of sp³-hybridized carbons (Fsp3) is 0.316. The van der Waals surface area contributed by atoms with Gasteiger partial charge in [-0.3, -0.25) is 4.79 Å².